The second kappa shape index (κ2) is 6.71. The van der Waals surface area contributed by atoms with E-state index in [0.717, 1.165) is 49.1 Å². The van der Waals surface area contributed by atoms with E-state index in [0.29, 0.717) is 5.92 Å². The third-order valence-corrected chi connectivity index (χ3v) is 5.15. The van der Waals surface area contributed by atoms with E-state index in [1.54, 1.807) is 0 Å². The predicted octanol–water partition coefficient (Wildman–Crippen LogP) is 3.90. The van der Waals surface area contributed by atoms with E-state index < -0.39 is 0 Å². The van der Waals surface area contributed by atoms with Gasteiger partial charge in [-0.25, -0.2) is 4.98 Å². The Morgan fingerprint density at radius 3 is 2.72 bits per heavy atom. The Bertz CT molecular complexity index is 891. The monoisotopic (exact) mass is 333 g/mol. The van der Waals surface area contributed by atoms with Crippen molar-refractivity contribution in [1.29, 1.82) is 0 Å². The Morgan fingerprint density at radius 1 is 1.12 bits per heavy atom. The number of piperidine rings is 1. The number of imidazole rings is 1. The molecule has 0 aliphatic carbocycles. The number of nitrogens with zero attached hydrogens (tertiary/aromatic N) is 3. The van der Waals surface area contributed by atoms with Gasteiger partial charge in [0, 0.05) is 25.2 Å². The van der Waals surface area contributed by atoms with Crippen LogP contribution < -0.4 is 0 Å². The molecule has 3 aromatic rings. The van der Waals surface area contributed by atoms with Crippen LogP contribution in [0.25, 0.3) is 11.0 Å². The summed E-state index contributed by atoms with van der Waals surface area (Å²) in [4.78, 5) is 19.1. The lowest BCUT2D eigenvalue weighted by atomic mass is 9.96. The number of likely N-dealkylation sites (tertiary alicyclic amines) is 1. The van der Waals surface area contributed by atoms with E-state index in [-0.39, 0.29) is 5.91 Å². The van der Waals surface area contributed by atoms with Crippen molar-refractivity contribution in [3.63, 3.8) is 0 Å². The van der Waals surface area contributed by atoms with Crippen molar-refractivity contribution in [3.05, 3.63) is 66.0 Å². The van der Waals surface area contributed by atoms with Crippen molar-refractivity contribution in [2.75, 3.05) is 13.1 Å². The van der Waals surface area contributed by atoms with E-state index >= 15 is 0 Å². The molecule has 4 heteroatoms. The highest BCUT2D eigenvalue weighted by molar-refractivity contribution is 5.94. The van der Waals surface area contributed by atoms with Gasteiger partial charge in [0.2, 0.25) is 0 Å². The van der Waals surface area contributed by atoms with Crippen LogP contribution in [0.15, 0.2) is 54.9 Å². The number of amides is 1. The molecule has 1 saturated heterocycles. The lowest BCUT2D eigenvalue weighted by Gasteiger charge is -2.32. The molecule has 0 bridgehead atoms. The summed E-state index contributed by atoms with van der Waals surface area (Å²) in [5, 5.41) is 0. The summed E-state index contributed by atoms with van der Waals surface area (Å²) in [6, 6.07) is 16.1. The van der Waals surface area contributed by atoms with E-state index in [1.807, 2.05) is 48.5 Å². The van der Waals surface area contributed by atoms with Crippen molar-refractivity contribution < 1.29 is 4.79 Å². The number of aromatic nitrogens is 2. The van der Waals surface area contributed by atoms with E-state index in [9.17, 15) is 4.79 Å². The minimum atomic E-state index is 0.162. The van der Waals surface area contributed by atoms with E-state index in [4.69, 9.17) is 0 Å². The van der Waals surface area contributed by atoms with Crippen LogP contribution in [0.2, 0.25) is 0 Å². The quantitative estimate of drug-likeness (QED) is 0.729. The summed E-state index contributed by atoms with van der Waals surface area (Å²) >= 11 is 0. The number of hydrogen-bond acceptors (Lipinski definition) is 2. The molecule has 25 heavy (non-hydrogen) atoms. The standard InChI is InChI=1S/C21H23N3O/c1-16-5-4-6-18(13-16)21(25)23-11-9-17(10-12-23)14-24-15-22-19-7-2-3-8-20(19)24/h2-8,13,15,17H,9-12,14H2,1H3. The predicted molar refractivity (Wildman–Crippen MR) is 99.5 cm³/mol. The Kier molecular flexibility index (Phi) is 4.26. The number of benzene rings is 2. The molecule has 1 aliphatic heterocycles. The highest BCUT2D eigenvalue weighted by Crippen LogP contribution is 2.23. The molecule has 128 valence electrons. The van der Waals surface area contributed by atoms with Crippen LogP contribution >= 0.6 is 0 Å². The lowest BCUT2D eigenvalue weighted by Crippen LogP contribution is -2.39. The third kappa shape index (κ3) is 3.29. The molecule has 0 unspecified atom stereocenters. The van der Waals surface area contributed by atoms with Gasteiger partial charge < -0.3 is 9.47 Å². The van der Waals surface area contributed by atoms with Crippen LogP contribution in [0.1, 0.15) is 28.8 Å². The summed E-state index contributed by atoms with van der Waals surface area (Å²) < 4.78 is 2.25. The molecule has 2 aromatic carbocycles. The highest BCUT2D eigenvalue weighted by Gasteiger charge is 2.24. The summed E-state index contributed by atoms with van der Waals surface area (Å²) in [6.45, 7) is 4.68. The Hall–Kier alpha value is -2.62. The molecular formula is C21H23N3O. The molecule has 0 atom stereocenters. The second-order valence-electron chi connectivity index (χ2n) is 6.99. The van der Waals surface area contributed by atoms with Crippen LogP contribution in [-0.4, -0.2) is 33.4 Å². The normalized spacial score (nSPS) is 15.6. The number of carbonyl (C=O) groups excluding carboxylic acids is 1. The maximum Gasteiger partial charge on any atom is 0.253 e. The fourth-order valence-electron chi connectivity index (χ4n) is 3.71. The highest BCUT2D eigenvalue weighted by atomic mass is 16.2. The van der Waals surface area contributed by atoms with Crippen molar-refractivity contribution in [2.24, 2.45) is 5.92 Å². The van der Waals surface area contributed by atoms with Gasteiger partial charge in [-0.3, -0.25) is 4.79 Å². The zero-order chi connectivity index (χ0) is 17.2. The van der Waals surface area contributed by atoms with Gasteiger partial charge in [0.15, 0.2) is 0 Å². The fraction of sp³-hybridized carbons (Fsp3) is 0.333. The van der Waals surface area contributed by atoms with Crippen molar-refractivity contribution in [1.82, 2.24) is 14.5 Å². The summed E-state index contributed by atoms with van der Waals surface area (Å²) in [5.74, 6) is 0.759. The molecular weight excluding hydrogens is 310 g/mol. The molecule has 0 radical (unpaired) electrons. The van der Waals surface area contributed by atoms with Gasteiger partial charge in [-0.1, -0.05) is 29.8 Å². The first-order valence-electron chi connectivity index (χ1n) is 8.96. The number of hydrogen-bond donors (Lipinski definition) is 0. The zero-order valence-electron chi connectivity index (χ0n) is 14.6. The van der Waals surface area contributed by atoms with Crippen molar-refractivity contribution in [2.45, 2.75) is 26.3 Å². The van der Waals surface area contributed by atoms with Crippen LogP contribution in [0.4, 0.5) is 0 Å². The molecule has 1 aliphatic rings. The third-order valence-electron chi connectivity index (χ3n) is 5.15. The van der Waals surface area contributed by atoms with Gasteiger partial charge in [0.25, 0.3) is 5.91 Å². The van der Waals surface area contributed by atoms with Gasteiger partial charge in [-0.05, 0) is 49.9 Å². The summed E-state index contributed by atoms with van der Waals surface area (Å²) in [5.41, 5.74) is 4.18. The molecule has 0 N–H and O–H groups in total. The van der Waals surface area contributed by atoms with Crippen molar-refractivity contribution in [3.8, 4) is 0 Å². The number of rotatable bonds is 3. The second-order valence-corrected chi connectivity index (χ2v) is 6.99. The number of carbonyl (C=O) groups is 1. The Morgan fingerprint density at radius 2 is 1.92 bits per heavy atom. The minimum Gasteiger partial charge on any atom is -0.339 e. The number of para-hydroxylation sites is 2. The van der Waals surface area contributed by atoms with Crippen LogP contribution in [0.3, 0.4) is 0 Å². The maximum atomic E-state index is 12.7. The first-order chi connectivity index (χ1) is 12.2. The molecule has 4 nitrogen and oxygen atoms in total. The summed E-state index contributed by atoms with van der Waals surface area (Å²) in [7, 11) is 0. The SMILES string of the molecule is Cc1cccc(C(=O)N2CCC(Cn3cnc4ccccc43)CC2)c1. The fourth-order valence-corrected chi connectivity index (χ4v) is 3.71. The molecule has 0 spiro atoms. The average Bonchev–Trinajstić information content (AvgIpc) is 3.05. The van der Waals surface area contributed by atoms with Crippen LogP contribution in [0, 0.1) is 12.8 Å². The van der Waals surface area contributed by atoms with Gasteiger partial charge in [0.1, 0.15) is 0 Å². The molecule has 1 amide bonds. The Balaban J connectivity index is 1.39. The first kappa shape index (κ1) is 15.9. The van der Waals surface area contributed by atoms with Gasteiger partial charge in [-0.15, -0.1) is 0 Å². The van der Waals surface area contributed by atoms with Gasteiger partial charge >= 0.3 is 0 Å². The largest absolute Gasteiger partial charge is 0.339 e. The molecule has 1 aromatic heterocycles. The van der Waals surface area contributed by atoms with Crippen molar-refractivity contribution >= 4 is 16.9 Å². The summed E-state index contributed by atoms with van der Waals surface area (Å²) in [6.07, 6.45) is 4.03. The Labute approximate surface area is 148 Å². The van der Waals surface area contributed by atoms with Gasteiger partial charge in [-0.2, -0.15) is 0 Å². The minimum absolute atomic E-state index is 0.162. The van der Waals surface area contributed by atoms with E-state index in [1.165, 1.54) is 5.52 Å². The topological polar surface area (TPSA) is 38.1 Å². The first-order valence-corrected chi connectivity index (χ1v) is 8.96. The maximum absolute atomic E-state index is 12.7. The molecule has 4 rings (SSSR count). The number of aryl methyl sites for hydroxylation is 1. The molecule has 1 fully saturated rings. The van der Waals surface area contributed by atoms with Crippen LogP contribution in [-0.2, 0) is 6.54 Å². The van der Waals surface area contributed by atoms with E-state index in [2.05, 4.69) is 27.8 Å². The average molecular weight is 333 g/mol. The molecule has 0 saturated carbocycles. The lowest BCUT2D eigenvalue weighted by molar-refractivity contribution is 0.0683. The van der Waals surface area contributed by atoms with Crippen LogP contribution in [0.5, 0.6) is 0 Å². The molecule has 2 heterocycles. The smallest absolute Gasteiger partial charge is 0.253 e. The number of fused-ring (bicyclic) bond motifs is 1. The zero-order valence-corrected chi connectivity index (χ0v) is 14.6. The van der Waals surface area contributed by atoms with Gasteiger partial charge in [0.05, 0.1) is 17.4 Å².